The van der Waals surface area contributed by atoms with Crippen LogP contribution in [0.1, 0.15) is 41.2 Å². The van der Waals surface area contributed by atoms with Crippen LogP contribution in [0.4, 0.5) is 19.4 Å². The second-order valence-corrected chi connectivity index (χ2v) is 14.7. The number of aliphatic hydroxyl groups excluding tert-OH is 1. The van der Waals surface area contributed by atoms with Crippen LogP contribution < -0.4 is 0 Å². The van der Waals surface area contributed by atoms with Gasteiger partial charge in [0.25, 0.3) is 0 Å². The van der Waals surface area contributed by atoms with Gasteiger partial charge in [0.2, 0.25) is 0 Å². The first-order chi connectivity index (χ1) is 22.9. The summed E-state index contributed by atoms with van der Waals surface area (Å²) in [4.78, 5) is 4.92. The van der Waals surface area contributed by atoms with Crippen LogP contribution in [0.2, 0.25) is 0 Å². The lowest BCUT2D eigenvalue weighted by Gasteiger charge is -2.47. The van der Waals surface area contributed by atoms with Crippen molar-refractivity contribution in [1.29, 1.82) is 0 Å². The Balaban J connectivity index is 1.41. The minimum absolute atomic E-state index is 0.0661. The van der Waals surface area contributed by atoms with Crippen molar-refractivity contribution in [2.75, 3.05) is 6.54 Å². The quantitative estimate of drug-likeness (QED) is 0.129. The SMILES string of the molecule is OC(c1cc(-c2cccc(S(F)(F)(F)(F)F)c2)nc2ccccc12)[C@@H]1CCCN1C(c1ccccc1)(c1ccccc1)c1ccccc1. The van der Waals surface area contributed by atoms with E-state index in [4.69, 9.17) is 0 Å². The van der Waals surface area contributed by atoms with Crippen molar-refractivity contribution in [3.63, 3.8) is 0 Å². The van der Waals surface area contributed by atoms with E-state index in [-0.39, 0.29) is 11.3 Å². The van der Waals surface area contributed by atoms with Crippen LogP contribution >= 0.6 is 10.2 Å². The number of rotatable bonds is 8. The molecule has 0 amide bonds. The van der Waals surface area contributed by atoms with Gasteiger partial charge in [0.1, 0.15) is 4.90 Å². The molecule has 2 atom stereocenters. The van der Waals surface area contributed by atoms with Gasteiger partial charge in [-0.1, -0.05) is 141 Å². The van der Waals surface area contributed by atoms with E-state index in [2.05, 4.69) is 46.3 Å². The highest BCUT2D eigenvalue weighted by atomic mass is 32.5. The minimum Gasteiger partial charge on any atom is -0.387 e. The summed E-state index contributed by atoms with van der Waals surface area (Å²) >= 11 is 0. The van der Waals surface area contributed by atoms with E-state index in [9.17, 15) is 24.5 Å². The fraction of sp³-hybridized carbons (Fsp3) is 0.154. The second kappa shape index (κ2) is 11.3. The normalized spacial score (nSPS) is 17.9. The molecule has 48 heavy (non-hydrogen) atoms. The molecular weight excluding hydrogens is 639 g/mol. The maximum atomic E-state index is 13.8. The Bertz CT molecular complexity index is 1980. The molecule has 2 heterocycles. The number of nitrogens with zero attached hydrogens (tertiary/aromatic N) is 2. The van der Waals surface area contributed by atoms with E-state index in [0.29, 0.717) is 41.6 Å². The average molecular weight is 673 g/mol. The van der Waals surface area contributed by atoms with E-state index < -0.39 is 32.8 Å². The summed E-state index contributed by atoms with van der Waals surface area (Å²) in [6.45, 7) is 0.655. The predicted molar refractivity (Wildman–Crippen MR) is 182 cm³/mol. The van der Waals surface area contributed by atoms with Gasteiger partial charge in [-0.25, -0.2) is 4.98 Å². The Labute approximate surface area is 276 Å². The lowest BCUT2D eigenvalue weighted by Crippen LogP contribution is -2.52. The molecule has 1 N–H and O–H groups in total. The lowest BCUT2D eigenvalue weighted by molar-refractivity contribution is 0.0333. The summed E-state index contributed by atoms with van der Waals surface area (Å²) in [5.74, 6) is 0. The first-order valence-corrected chi connectivity index (χ1v) is 17.7. The molecule has 1 aromatic heterocycles. The Morgan fingerprint density at radius 3 is 1.77 bits per heavy atom. The zero-order valence-electron chi connectivity index (χ0n) is 25.8. The fourth-order valence-electron chi connectivity index (χ4n) is 7.27. The van der Waals surface area contributed by atoms with E-state index in [1.807, 2.05) is 66.7 Å². The molecule has 0 radical (unpaired) electrons. The largest absolute Gasteiger partial charge is 0.387 e. The van der Waals surface area contributed by atoms with Crippen LogP contribution in [0, 0.1) is 0 Å². The van der Waals surface area contributed by atoms with E-state index in [0.717, 1.165) is 29.2 Å². The molecule has 1 aliphatic rings. The maximum absolute atomic E-state index is 13.8. The van der Waals surface area contributed by atoms with Gasteiger partial charge in [0, 0.05) is 23.5 Å². The molecule has 1 aliphatic heterocycles. The third-order valence-electron chi connectivity index (χ3n) is 9.31. The summed E-state index contributed by atoms with van der Waals surface area (Å²) < 4.78 is 69.1. The van der Waals surface area contributed by atoms with Crippen molar-refractivity contribution in [3.8, 4) is 11.3 Å². The van der Waals surface area contributed by atoms with Crippen molar-refractivity contribution < 1.29 is 24.5 Å². The van der Waals surface area contributed by atoms with Gasteiger partial charge >= 0.3 is 10.2 Å². The van der Waals surface area contributed by atoms with E-state index in [1.54, 1.807) is 18.2 Å². The third kappa shape index (κ3) is 5.76. The number of hydrogen-bond acceptors (Lipinski definition) is 3. The Morgan fingerprint density at radius 2 is 1.21 bits per heavy atom. The van der Waals surface area contributed by atoms with Crippen molar-refractivity contribution >= 4 is 21.1 Å². The second-order valence-electron chi connectivity index (χ2n) is 12.3. The van der Waals surface area contributed by atoms with Gasteiger partial charge < -0.3 is 5.11 Å². The van der Waals surface area contributed by atoms with Crippen LogP contribution in [0.25, 0.3) is 22.2 Å². The maximum Gasteiger partial charge on any atom is 0.310 e. The van der Waals surface area contributed by atoms with Crippen molar-refractivity contribution in [2.45, 2.75) is 35.4 Å². The van der Waals surface area contributed by atoms with Gasteiger partial charge in [-0.15, -0.1) is 0 Å². The van der Waals surface area contributed by atoms with Crippen molar-refractivity contribution in [1.82, 2.24) is 9.88 Å². The first kappa shape index (κ1) is 32.0. The summed E-state index contributed by atoms with van der Waals surface area (Å²) in [5, 5.41) is 13.1. The van der Waals surface area contributed by atoms with Gasteiger partial charge in [0.05, 0.1) is 22.9 Å². The van der Waals surface area contributed by atoms with Crippen LogP contribution in [-0.4, -0.2) is 27.6 Å². The highest BCUT2D eigenvalue weighted by Crippen LogP contribution is 3.02. The van der Waals surface area contributed by atoms with Gasteiger partial charge in [-0.2, -0.15) is 0 Å². The van der Waals surface area contributed by atoms with Crippen LogP contribution in [-0.2, 0) is 5.54 Å². The highest BCUT2D eigenvalue weighted by molar-refractivity contribution is 8.45. The Kier molecular flexibility index (Phi) is 7.51. The van der Waals surface area contributed by atoms with Gasteiger partial charge in [-0.3, -0.25) is 4.90 Å². The molecular formula is C39H33F5N2OS. The molecule has 1 fully saturated rings. The molecule has 6 aromatic rings. The number of pyridine rings is 1. The smallest absolute Gasteiger partial charge is 0.310 e. The van der Waals surface area contributed by atoms with Crippen molar-refractivity contribution in [2.24, 2.45) is 0 Å². The first-order valence-electron chi connectivity index (χ1n) is 15.7. The van der Waals surface area contributed by atoms with Crippen LogP contribution in [0.3, 0.4) is 0 Å². The number of para-hydroxylation sites is 1. The molecule has 0 spiro atoms. The number of hydrogen-bond donors (Lipinski definition) is 1. The summed E-state index contributed by atoms with van der Waals surface area (Å²) in [6, 6.07) is 41.8. The molecule has 1 saturated heterocycles. The number of fused-ring (bicyclic) bond motifs is 1. The molecule has 7 rings (SSSR count). The fourth-order valence-corrected chi connectivity index (χ4v) is 7.96. The molecule has 9 heteroatoms. The average Bonchev–Trinajstić information content (AvgIpc) is 3.59. The zero-order valence-corrected chi connectivity index (χ0v) is 26.6. The third-order valence-corrected chi connectivity index (χ3v) is 10.5. The van der Waals surface area contributed by atoms with Crippen LogP contribution in [0.15, 0.2) is 150 Å². The standard InChI is InChI=1S/C39H33F5N2OS/c40-48(41,42,43,44)32-21-12-14-28(26-32)36-27-34(33-22-10-11-23-35(33)45-36)38(47)37-24-13-25-46(37)39(29-15-4-1-5-16-29,30-17-6-2-7-18-30)31-19-8-3-9-20-31/h1-12,14-23,26-27,37-38,47H,13,24-25H2/t37-,38?/m0/s1. The molecule has 3 nitrogen and oxygen atoms in total. The molecule has 0 bridgehead atoms. The predicted octanol–water partition coefficient (Wildman–Crippen LogP) is 11.0. The zero-order chi connectivity index (χ0) is 33.6. The number of aromatic nitrogens is 1. The van der Waals surface area contributed by atoms with Crippen LogP contribution in [0.5, 0.6) is 0 Å². The topological polar surface area (TPSA) is 36.4 Å². The van der Waals surface area contributed by atoms with E-state index >= 15 is 0 Å². The molecule has 1 unspecified atom stereocenters. The Hall–Kier alpha value is -4.57. The van der Waals surface area contributed by atoms with Crippen molar-refractivity contribution in [3.05, 3.63) is 168 Å². The molecule has 0 aliphatic carbocycles. The number of aliphatic hydroxyl groups is 1. The highest BCUT2D eigenvalue weighted by Gasteiger charge is 2.65. The number of benzene rings is 5. The molecule has 5 aromatic carbocycles. The molecule has 246 valence electrons. The lowest BCUT2D eigenvalue weighted by atomic mass is 9.74. The summed E-state index contributed by atoms with van der Waals surface area (Å²) in [5.41, 5.74) is 3.12. The summed E-state index contributed by atoms with van der Waals surface area (Å²) in [6.07, 6.45) is 0.326. The summed E-state index contributed by atoms with van der Waals surface area (Å²) in [7, 11) is -9.94. The number of halogens is 5. The molecule has 0 saturated carbocycles. The number of likely N-dealkylation sites (tertiary alicyclic amines) is 1. The van der Waals surface area contributed by atoms with Gasteiger partial charge in [0.15, 0.2) is 0 Å². The Morgan fingerprint density at radius 1 is 0.667 bits per heavy atom. The monoisotopic (exact) mass is 672 g/mol. The van der Waals surface area contributed by atoms with Gasteiger partial charge in [-0.05, 0) is 59.4 Å². The van der Waals surface area contributed by atoms with E-state index in [1.165, 1.54) is 6.07 Å². The minimum atomic E-state index is -9.94.